The predicted octanol–water partition coefficient (Wildman–Crippen LogP) is 3.95. The second kappa shape index (κ2) is 5.69. The van der Waals surface area contributed by atoms with Crippen LogP contribution in [0.4, 0.5) is 10.1 Å². The van der Waals surface area contributed by atoms with Gasteiger partial charge in [-0.1, -0.05) is 23.2 Å². The van der Waals surface area contributed by atoms with Gasteiger partial charge < -0.3 is 10.5 Å². The summed E-state index contributed by atoms with van der Waals surface area (Å²) in [6.45, 7) is 0. The fourth-order valence-corrected chi connectivity index (χ4v) is 2.20. The van der Waals surface area contributed by atoms with Crippen molar-refractivity contribution in [2.75, 3.05) is 12.8 Å². The fraction of sp³-hybridized carbons (Fsp3) is 0.0714. The highest BCUT2D eigenvalue weighted by Gasteiger charge is 2.19. The molecule has 0 unspecified atom stereocenters. The Morgan fingerprint density at radius 1 is 1.15 bits per heavy atom. The number of methoxy groups -OCH3 is 1. The Bertz CT molecular complexity index is 689. The Balaban J connectivity index is 2.54. The van der Waals surface area contributed by atoms with Gasteiger partial charge >= 0.3 is 0 Å². The lowest BCUT2D eigenvalue weighted by molar-refractivity contribution is 0.103. The molecular weight excluding hydrogens is 304 g/mol. The first-order chi connectivity index (χ1) is 9.43. The number of hydrogen-bond donors (Lipinski definition) is 1. The van der Waals surface area contributed by atoms with Crippen LogP contribution in [0.15, 0.2) is 30.3 Å². The second-order valence-corrected chi connectivity index (χ2v) is 4.85. The number of carbonyl (C=O) groups excluding carboxylic acids is 1. The number of nitrogen functional groups attached to an aromatic ring is 1. The molecule has 0 aliphatic rings. The summed E-state index contributed by atoms with van der Waals surface area (Å²) in [6.07, 6.45) is 0. The van der Waals surface area contributed by atoms with Gasteiger partial charge in [-0.2, -0.15) is 0 Å². The molecule has 2 aromatic carbocycles. The van der Waals surface area contributed by atoms with Crippen molar-refractivity contribution < 1.29 is 13.9 Å². The van der Waals surface area contributed by atoms with Crippen molar-refractivity contribution in [3.63, 3.8) is 0 Å². The van der Waals surface area contributed by atoms with Crippen LogP contribution in [-0.4, -0.2) is 12.9 Å². The molecule has 2 N–H and O–H groups in total. The van der Waals surface area contributed by atoms with E-state index in [1.807, 2.05) is 0 Å². The van der Waals surface area contributed by atoms with E-state index in [0.29, 0.717) is 5.75 Å². The second-order valence-electron chi connectivity index (χ2n) is 4.04. The molecule has 0 heterocycles. The number of ether oxygens (including phenoxy) is 1. The van der Waals surface area contributed by atoms with Crippen molar-refractivity contribution >= 4 is 34.7 Å². The van der Waals surface area contributed by atoms with Crippen molar-refractivity contribution in [1.29, 1.82) is 0 Å². The molecule has 2 aromatic rings. The van der Waals surface area contributed by atoms with Crippen LogP contribution >= 0.6 is 23.2 Å². The van der Waals surface area contributed by atoms with Crippen molar-refractivity contribution in [3.05, 3.63) is 57.3 Å². The van der Waals surface area contributed by atoms with E-state index in [2.05, 4.69) is 0 Å². The lowest BCUT2D eigenvalue weighted by atomic mass is 10.0. The Morgan fingerprint density at radius 3 is 2.50 bits per heavy atom. The van der Waals surface area contributed by atoms with Crippen molar-refractivity contribution in [1.82, 2.24) is 0 Å². The summed E-state index contributed by atoms with van der Waals surface area (Å²) in [5.74, 6) is -0.933. The molecular formula is C14H10Cl2FNO2. The SMILES string of the molecule is COc1cc(Cl)c(C(=O)c2cc(N)ccc2F)cc1Cl. The smallest absolute Gasteiger partial charge is 0.197 e. The van der Waals surface area contributed by atoms with Gasteiger partial charge in [-0.25, -0.2) is 4.39 Å². The van der Waals surface area contributed by atoms with E-state index >= 15 is 0 Å². The number of ketones is 1. The van der Waals surface area contributed by atoms with Crippen LogP contribution in [0.5, 0.6) is 5.75 Å². The summed E-state index contributed by atoms with van der Waals surface area (Å²) in [5, 5.41) is 0.336. The first-order valence-electron chi connectivity index (χ1n) is 5.56. The van der Waals surface area contributed by atoms with Gasteiger partial charge in [0.2, 0.25) is 0 Å². The highest BCUT2D eigenvalue weighted by atomic mass is 35.5. The molecule has 0 saturated heterocycles. The quantitative estimate of drug-likeness (QED) is 0.689. The normalized spacial score (nSPS) is 10.4. The molecule has 0 aliphatic carbocycles. The number of anilines is 1. The minimum atomic E-state index is -0.674. The van der Waals surface area contributed by atoms with Crippen LogP contribution in [0.25, 0.3) is 0 Å². The molecule has 3 nitrogen and oxygen atoms in total. The minimum Gasteiger partial charge on any atom is -0.495 e. The van der Waals surface area contributed by atoms with Crippen molar-refractivity contribution in [3.8, 4) is 5.75 Å². The minimum absolute atomic E-state index is 0.0852. The summed E-state index contributed by atoms with van der Waals surface area (Å²) in [6, 6.07) is 6.50. The number of nitrogens with two attached hydrogens (primary N) is 1. The zero-order valence-corrected chi connectivity index (χ0v) is 11.9. The van der Waals surface area contributed by atoms with Crippen molar-refractivity contribution in [2.24, 2.45) is 0 Å². The predicted molar refractivity (Wildman–Crippen MR) is 77.3 cm³/mol. The van der Waals surface area contributed by atoms with Gasteiger partial charge in [-0.15, -0.1) is 0 Å². The molecule has 0 radical (unpaired) electrons. The summed E-state index contributed by atoms with van der Waals surface area (Å²) in [4.78, 5) is 12.3. The highest BCUT2D eigenvalue weighted by Crippen LogP contribution is 2.32. The highest BCUT2D eigenvalue weighted by molar-refractivity contribution is 6.37. The van der Waals surface area contributed by atoms with E-state index in [1.165, 1.54) is 31.4 Å². The monoisotopic (exact) mass is 313 g/mol. The van der Waals surface area contributed by atoms with E-state index in [4.69, 9.17) is 33.7 Å². The molecule has 0 aromatic heterocycles. The first kappa shape index (κ1) is 14.6. The Kier molecular flexibility index (Phi) is 4.16. The maximum absolute atomic E-state index is 13.7. The van der Waals surface area contributed by atoms with Crippen LogP contribution in [0, 0.1) is 5.82 Å². The molecule has 0 amide bonds. The topological polar surface area (TPSA) is 52.3 Å². The number of hydrogen-bond acceptors (Lipinski definition) is 3. The zero-order chi connectivity index (χ0) is 14.9. The van der Waals surface area contributed by atoms with E-state index in [0.717, 1.165) is 6.07 Å². The van der Waals surface area contributed by atoms with Crippen LogP contribution in [0.1, 0.15) is 15.9 Å². The molecule has 104 valence electrons. The zero-order valence-electron chi connectivity index (χ0n) is 10.4. The lowest BCUT2D eigenvalue weighted by Gasteiger charge is -2.09. The average molecular weight is 314 g/mol. The van der Waals surface area contributed by atoms with Gasteiger partial charge in [0, 0.05) is 17.3 Å². The van der Waals surface area contributed by atoms with E-state index < -0.39 is 11.6 Å². The molecule has 6 heteroatoms. The Hall–Kier alpha value is -1.78. The first-order valence-corrected chi connectivity index (χ1v) is 6.32. The lowest BCUT2D eigenvalue weighted by Crippen LogP contribution is -2.06. The third-order valence-electron chi connectivity index (χ3n) is 2.72. The molecule has 2 rings (SSSR count). The van der Waals surface area contributed by atoms with Crippen LogP contribution in [-0.2, 0) is 0 Å². The van der Waals surface area contributed by atoms with Gasteiger partial charge in [0.1, 0.15) is 11.6 Å². The maximum atomic E-state index is 13.7. The third-order valence-corrected chi connectivity index (χ3v) is 3.33. The molecule has 0 fully saturated rings. The van der Waals surface area contributed by atoms with Gasteiger partial charge in [-0.05, 0) is 24.3 Å². The maximum Gasteiger partial charge on any atom is 0.197 e. The number of rotatable bonds is 3. The Morgan fingerprint density at radius 2 is 1.85 bits per heavy atom. The molecule has 0 saturated carbocycles. The van der Waals surface area contributed by atoms with Crippen molar-refractivity contribution in [2.45, 2.75) is 0 Å². The number of carbonyl (C=O) groups is 1. The largest absolute Gasteiger partial charge is 0.495 e. The number of benzene rings is 2. The van der Waals surface area contributed by atoms with Gasteiger partial charge in [-0.3, -0.25) is 4.79 Å². The average Bonchev–Trinajstić information content (AvgIpc) is 2.42. The van der Waals surface area contributed by atoms with Crippen LogP contribution in [0.3, 0.4) is 0 Å². The summed E-state index contributed by atoms with van der Waals surface area (Å²) >= 11 is 12.0. The Labute approximate surface area is 125 Å². The summed E-state index contributed by atoms with van der Waals surface area (Å²) < 4.78 is 18.7. The standard InChI is InChI=1S/C14H10Cl2FNO2/c1-20-13-6-10(15)8(5-11(13)16)14(19)9-4-7(18)2-3-12(9)17/h2-6H,18H2,1H3. The van der Waals surface area contributed by atoms with E-state index in [-0.39, 0.29) is 26.9 Å². The van der Waals surface area contributed by atoms with Gasteiger partial charge in [0.15, 0.2) is 5.78 Å². The number of halogens is 3. The molecule has 0 atom stereocenters. The van der Waals surface area contributed by atoms with E-state index in [1.54, 1.807) is 0 Å². The molecule has 0 spiro atoms. The van der Waals surface area contributed by atoms with Crippen LogP contribution < -0.4 is 10.5 Å². The summed E-state index contributed by atoms with van der Waals surface area (Å²) in [7, 11) is 1.43. The fourth-order valence-electron chi connectivity index (χ4n) is 1.72. The van der Waals surface area contributed by atoms with Gasteiger partial charge in [0.25, 0.3) is 0 Å². The molecule has 0 bridgehead atoms. The van der Waals surface area contributed by atoms with E-state index in [9.17, 15) is 9.18 Å². The van der Waals surface area contributed by atoms with Gasteiger partial charge in [0.05, 0.1) is 22.7 Å². The molecule has 20 heavy (non-hydrogen) atoms. The molecule has 0 aliphatic heterocycles. The van der Waals surface area contributed by atoms with Crippen LogP contribution in [0.2, 0.25) is 10.0 Å². The third kappa shape index (κ3) is 2.71. The summed E-state index contributed by atoms with van der Waals surface area (Å²) in [5.41, 5.74) is 5.77.